The molecule has 0 amide bonds. The summed E-state index contributed by atoms with van der Waals surface area (Å²) in [5.74, 6) is 0.703. The number of ether oxygens (including phenoxy) is 1. The molecule has 1 fully saturated rings. The van der Waals surface area contributed by atoms with Crippen molar-refractivity contribution in [3.05, 3.63) is 35.5 Å². The summed E-state index contributed by atoms with van der Waals surface area (Å²) >= 11 is 0. The van der Waals surface area contributed by atoms with Gasteiger partial charge in [0.15, 0.2) is 0 Å². The molecule has 100 valence electrons. The minimum atomic E-state index is 0.0832. The zero-order valence-electron chi connectivity index (χ0n) is 11.4. The summed E-state index contributed by atoms with van der Waals surface area (Å²) in [4.78, 5) is 0. The van der Waals surface area contributed by atoms with Crippen LogP contribution in [-0.2, 0) is 11.8 Å². The summed E-state index contributed by atoms with van der Waals surface area (Å²) in [6, 6.07) is 8.39. The van der Waals surface area contributed by atoms with Crippen LogP contribution < -0.4 is 5.73 Å². The molecule has 0 bridgehead atoms. The molecule has 1 saturated heterocycles. The van der Waals surface area contributed by atoms with Gasteiger partial charge < -0.3 is 10.5 Å². The zero-order chi connectivity index (χ0) is 13.4. The molecular formula is C15H19N3O. The molecule has 1 atom stereocenters. The summed E-state index contributed by atoms with van der Waals surface area (Å²) in [6.45, 7) is 2.89. The topological polar surface area (TPSA) is 53.1 Å². The van der Waals surface area contributed by atoms with E-state index in [1.54, 1.807) is 4.68 Å². The van der Waals surface area contributed by atoms with E-state index in [2.05, 4.69) is 36.3 Å². The third-order valence-electron chi connectivity index (χ3n) is 3.69. The minimum Gasteiger partial charge on any atom is -0.383 e. The number of nitrogens with two attached hydrogens (primary N) is 1. The van der Waals surface area contributed by atoms with Crippen LogP contribution >= 0.6 is 0 Å². The highest BCUT2D eigenvalue weighted by Gasteiger charge is 2.26. The van der Waals surface area contributed by atoms with Gasteiger partial charge in [-0.25, -0.2) is 0 Å². The van der Waals surface area contributed by atoms with Crippen LogP contribution in [0.2, 0.25) is 0 Å². The molecule has 2 aromatic rings. The Hall–Kier alpha value is -1.81. The number of benzene rings is 1. The van der Waals surface area contributed by atoms with Crippen molar-refractivity contribution in [1.82, 2.24) is 9.78 Å². The highest BCUT2D eigenvalue weighted by molar-refractivity contribution is 5.77. The Morgan fingerprint density at radius 1 is 1.32 bits per heavy atom. The minimum absolute atomic E-state index is 0.0832. The lowest BCUT2D eigenvalue weighted by Gasteiger charge is -2.09. The van der Waals surface area contributed by atoms with Crippen LogP contribution in [0, 0.1) is 6.92 Å². The third kappa shape index (κ3) is 2.12. The molecule has 1 aliphatic heterocycles. The first-order valence-electron chi connectivity index (χ1n) is 6.68. The number of aromatic nitrogens is 2. The van der Waals surface area contributed by atoms with Crippen molar-refractivity contribution >= 4 is 5.82 Å². The number of hydrogen-bond acceptors (Lipinski definition) is 3. The Morgan fingerprint density at radius 2 is 2.05 bits per heavy atom. The molecule has 1 aromatic carbocycles. The fourth-order valence-corrected chi connectivity index (χ4v) is 2.59. The largest absolute Gasteiger partial charge is 0.383 e. The molecule has 0 saturated carbocycles. The quantitative estimate of drug-likeness (QED) is 0.900. The molecule has 4 nitrogen and oxygen atoms in total. The molecule has 1 aromatic heterocycles. The Bertz CT molecular complexity index is 580. The molecule has 0 radical (unpaired) electrons. The summed E-state index contributed by atoms with van der Waals surface area (Å²) in [5.41, 5.74) is 10.5. The van der Waals surface area contributed by atoms with Gasteiger partial charge in [-0.1, -0.05) is 29.8 Å². The second kappa shape index (κ2) is 4.70. The smallest absolute Gasteiger partial charge is 0.129 e. The Morgan fingerprint density at radius 3 is 2.68 bits per heavy atom. The highest BCUT2D eigenvalue weighted by Crippen LogP contribution is 2.38. The molecule has 4 heteroatoms. The van der Waals surface area contributed by atoms with Crippen LogP contribution in [0.25, 0.3) is 11.1 Å². The third-order valence-corrected chi connectivity index (χ3v) is 3.69. The molecule has 0 aliphatic carbocycles. The lowest BCUT2D eigenvalue weighted by atomic mass is 10.0. The van der Waals surface area contributed by atoms with Gasteiger partial charge in [-0.3, -0.25) is 4.68 Å². The lowest BCUT2D eigenvalue weighted by molar-refractivity contribution is 0.108. The molecule has 1 aliphatic rings. The van der Waals surface area contributed by atoms with Crippen molar-refractivity contribution in [2.45, 2.75) is 25.9 Å². The Balaban J connectivity index is 2.10. The maximum atomic E-state index is 6.19. The van der Waals surface area contributed by atoms with Gasteiger partial charge in [0.05, 0.1) is 0 Å². The lowest BCUT2D eigenvalue weighted by Crippen LogP contribution is -2.00. The summed E-state index contributed by atoms with van der Waals surface area (Å²) in [6.07, 6.45) is 2.20. The van der Waals surface area contributed by atoms with Crippen molar-refractivity contribution in [1.29, 1.82) is 0 Å². The SMILES string of the molecule is Cc1ccc(-c2c(C3CCCO3)nn(C)c2N)cc1. The van der Waals surface area contributed by atoms with Crippen molar-refractivity contribution in [2.24, 2.45) is 7.05 Å². The maximum absolute atomic E-state index is 6.19. The summed E-state index contributed by atoms with van der Waals surface area (Å²) in [7, 11) is 1.88. The second-order valence-corrected chi connectivity index (χ2v) is 5.14. The van der Waals surface area contributed by atoms with Crippen LogP contribution in [0.15, 0.2) is 24.3 Å². The van der Waals surface area contributed by atoms with Crippen LogP contribution in [-0.4, -0.2) is 16.4 Å². The van der Waals surface area contributed by atoms with Gasteiger partial charge >= 0.3 is 0 Å². The van der Waals surface area contributed by atoms with Crippen molar-refractivity contribution in [2.75, 3.05) is 12.3 Å². The summed E-state index contributed by atoms with van der Waals surface area (Å²) in [5, 5.41) is 4.56. The number of nitrogens with zero attached hydrogens (tertiary/aromatic N) is 2. The fourth-order valence-electron chi connectivity index (χ4n) is 2.59. The number of nitrogen functional groups attached to an aromatic ring is 1. The first-order valence-corrected chi connectivity index (χ1v) is 6.68. The van der Waals surface area contributed by atoms with E-state index in [4.69, 9.17) is 10.5 Å². The van der Waals surface area contributed by atoms with E-state index in [-0.39, 0.29) is 6.10 Å². The standard InChI is InChI=1S/C15H19N3O/c1-10-5-7-11(8-6-10)13-14(12-4-3-9-19-12)17-18(2)15(13)16/h5-8,12H,3-4,9,16H2,1-2H3. The van der Waals surface area contributed by atoms with Gasteiger partial charge in [0.1, 0.15) is 17.6 Å². The van der Waals surface area contributed by atoms with E-state index in [1.807, 2.05) is 7.05 Å². The Kier molecular flexibility index (Phi) is 3.03. The molecule has 19 heavy (non-hydrogen) atoms. The van der Waals surface area contributed by atoms with E-state index in [0.29, 0.717) is 5.82 Å². The molecule has 3 rings (SSSR count). The zero-order valence-corrected chi connectivity index (χ0v) is 11.4. The first-order chi connectivity index (χ1) is 9.16. The van der Waals surface area contributed by atoms with Gasteiger partial charge in [-0.05, 0) is 25.3 Å². The molecular weight excluding hydrogens is 238 g/mol. The van der Waals surface area contributed by atoms with Crippen molar-refractivity contribution in [3.8, 4) is 11.1 Å². The van der Waals surface area contributed by atoms with E-state index in [1.165, 1.54) is 5.56 Å². The van der Waals surface area contributed by atoms with Gasteiger partial charge in [-0.15, -0.1) is 0 Å². The molecule has 0 spiro atoms. The van der Waals surface area contributed by atoms with Gasteiger partial charge in [0, 0.05) is 19.2 Å². The van der Waals surface area contributed by atoms with Crippen LogP contribution in [0.4, 0.5) is 5.82 Å². The predicted octanol–water partition coefficient (Wildman–Crippen LogP) is 2.83. The molecule has 2 N–H and O–H groups in total. The van der Waals surface area contributed by atoms with E-state index < -0.39 is 0 Å². The van der Waals surface area contributed by atoms with Gasteiger partial charge in [-0.2, -0.15) is 5.10 Å². The van der Waals surface area contributed by atoms with Crippen LogP contribution in [0.5, 0.6) is 0 Å². The van der Waals surface area contributed by atoms with E-state index >= 15 is 0 Å². The van der Waals surface area contributed by atoms with Gasteiger partial charge in [0.2, 0.25) is 0 Å². The molecule has 2 heterocycles. The fraction of sp³-hybridized carbons (Fsp3) is 0.400. The van der Waals surface area contributed by atoms with Gasteiger partial charge in [0.25, 0.3) is 0 Å². The number of aryl methyl sites for hydroxylation is 2. The monoisotopic (exact) mass is 257 g/mol. The number of rotatable bonds is 2. The Labute approximate surface area is 113 Å². The maximum Gasteiger partial charge on any atom is 0.129 e. The van der Waals surface area contributed by atoms with E-state index in [0.717, 1.165) is 36.3 Å². The predicted molar refractivity (Wildman–Crippen MR) is 75.7 cm³/mol. The summed E-state index contributed by atoms with van der Waals surface area (Å²) < 4.78 is 7.50. The first kappa shape index (κ1) is 12.2. The van der Waals surface area contributed by atoms with E-state index in [9.17, 15) is 0 Å². The average Bonchev–Trinajstić information content (AvgIpc) is 3.01. The number of hydrogen-bond donors (Lipinski definition) is 1. The van der Waals surface area contributed by atoms with Crippen molar-refractivity contribution < 1.29 is 4.74 Å². The average molecular weight is 257 g/mol. The van der Waals surface area contributed by atoms with Crippen LogP contribution in [0.3, 0.4) is 0 Å². The number of anilines is 1. The van der Waals surface area contributed by atoms with Crippen LogP contribution in [0.1, 0.15) is 30.2 Å². The van der Waals surface area contributed by atoms with Crippen molar-refractivity contribution in [3.63, 3.8) is 0 Å². The molecule has 1 unspecified atom stereocenters. The second-order valence-electron chi connectivity index (χ2n) is 5.14. The normalized spacial score (nSPS) is 18.9. The highest BCUT2D eigenvalue weighted by atomic mass is 16.5.